The Bertz CT molecular complexity index is 716. The van der Waals surface area contributed by atoms with Crippen LogP contribution in [0.1, 0.15) is 31.2 Å². The molecule has 0 radical (unpaired) electrons. The number of pyridine rings is 1. The van der Waals surface area contributed by atoms with Gasteiger partial charge in [-0.1, -0.05) is 0 Å². The van der Waals surface area contributed by atoms with Gasteiger partial charge in [0.1, 0.15) is 0 Å². The second-order valence-electron chi connectivity index (χ2n) is 8.98. The summed E-state index contributed by atoms with van der Waals surface area (Å²) in [7, 11) is 0. The number of rotatable bonds is 4. The van der Waals surface area contributed by atoms with Gasteiger partial charge in [-0.25, -0.2) is 0 Å². The molecule has 0 N–H and O–H groups in total. The number of hydrogen-bond donors (Lipinski definition) is 0. The Labute approximate surface area is 149 Å². The predicted octanol–water partition coefficient (Wildman–Crippen LogP) is 5.27. The quantitative estimate of drug-likeness (QED) is 0.659. The van der Waals surface area contributed by atoms with Crippen molar-refractivity contribution in [3.8, 4) is 11.3 Å². The monoisotopic (exact) mass is 381 g/mol. The standard InChI is InChI=1S/C22H29GeN/c1-23(2,3)21-15-24-22(17-7-5-4-6-8-17)14-20(21)13-19-12-16-9-10-18(19)11-16/h4-8,14-16,18-19H,9-13H2,1-3H3. The molecule has 0 spiro atoms. The van der Waals surface area contributed by atoms with Crippen LogP contribution in [0.25, 0.3) is 11.3 Å². The van der Waals surface area contributed by atoms with Gasteiger partial charge in [-0.05, 0) is 0 Å². The second kappa shape index (κ2) is 6.33. The van der Waals surface area contributed by atoms with Gasteiger partial charge in [-0.3, -0.25) is 0 Å². The van der Waals surface area contributed by atoms with Crippen LogP contribution in [0.3, 0.4) is 0 Å². The van der Waals surface area contributed by atoms with Gasteiger partial charge in [0.25, 0.3) is 0 Å². The Hall–Kier alpha value is -1.09. The van der Waals surface area contributed by atoms with Crippen LogP contribution in [0, 0.1) is 17.8 Å². The molecule has 24 heavy (non-hydrogen) atoms. The third-order valence-electron chi connectivity index (χ3n) is 6.23. The Kier molecular flexibility index (Phi) is 4.32. The van der Waals surface area contributed by atoms with Crippen LogP contribution in [-0.4, -0.2) is 18.3 Å². The van der Waals surface area contributed by atoms with E-state index >= 15 is 0 Å². The average Bonchev–Trinajstić information content (AvgIpc) is 3.17. The molecule has 2 saturated carbocycles. The summed E-state index contributed by atoms with van der Waals surface area (Å²) in [5.41, 5.74) is 4.03. The van der Waals surface area contributed by atoms with Crippen LogP contribution in [0.5, 0.6) is 0 Å². The van der Waals surface area contributed by atoms with Gasteiger partial charge in [-0.2, -0.15) is 0 Å². The van der Waals surface area contributed by atoms with Crippen LogP contribution in [0.4, 0.5) is 0 Å². The second-order valence-corrected chi connectivity index (χ2v) is 19.6. The zero-order valence-corrected chi connectivity index (χ0v) is 17.4. The van der Waals surface area contributed by atoms with Crippen LogP contribution in [0.15, 0.2) is 42.6 Å². The van der Waals surface area contributed by atoms with E-state index in [4.69, 9.17) is 4.98 Å². The van der Waals surface area contributed by atoms with Gasteiger partial charge < -0.3 is 0 Å². The molecule has 1 nitrogen and oxygen atoms in total. The number of nitrogens with zero attached hydrogens (tertiary/aromatic N) is 1. The van der Waals surface area contributed by atoms with Crippen LogP contribution >= 0.6 is 0 Å². The molecule has 2 aliphatic carbocycles. The van der Waals surface area contributed by atoms with Crippen molar-refractivity contribution in [2.75, 3.05) is 0 Å². The van der Waals surface area contributed by atoms with Crippen molar-refractivity contribution in [1.29, 1.82) is 0 Å². The Morgan fingerprint density at radius 3 is 2.46 bits per heavy atom. The molecule has 3 atom stereocenters. The van der Waals surface area contributed by atoms with Crippen molar-refractivity contribution in [2.24, 2.45) is 17.8 Å². The van der Waals surface area contributed by atoms with Crippen molar-refractivity contribution in [1.82, 2.24) is 4.98 Å². The molecule has 2 bridgehead atoms. The van der Waals surface area contributed by atoms with E-state index in [2.05, 4.69) is 59.9 Å². The fourth-order valence-corrected chi connectivity index (χ4v) is 8.35. The number of fused-ring (bicyclic) bond motifs is 2. The molecule has 0 aliphatic heterocycles. The van der Waals surface area contributed by atoms with Crippen molar-refractivity contribution in [3.63, 3.8) is 0 Å². The molecular formula is C22H29GeN. The zero-order valence-electron chi connectivity index (χ0n) is 15.3. The first-order chi connectivity index (χ1) is 11.5. The summed E-state index contributed by atoms with van der Waals surface area (Å²) in [6, 6.07) is 13.1. The summed E-state index contributed by atoms with van der Waals surface area (Å²) in [5.74, 6) is 10.5. The van der Waals surface area contributed by atoms with E-state index in [1.54, 1.807) is 9.96 Å². The van der Waals surface area contributed by atoms with Crippen molar-refractivity contribution < 1.29 is 0 Å². The Balaban J connectivity index is 1.69. The molecule has 1 heterocycles. The van der Waals surface area contributed by atoms with Crippen LogP contribution in [-0.2, 0) is 6.42 Å². The van der Waals surface area contributed by atoms with E-state index in [1.165, 1.54) is 37.7 Å². The Morgan fingerprint density at radius 1 is 1.04 bits per heavy atom. The van der Waals surface area contributed by atoms with Gasteiger partial charge in [0.2, 0.25) is 0 Å². The summed E-state index contributed by atoms with van der Waals surface area (Å²) < 4.78 is 1.62. The number of benzene rings is 1. The van der Waals surface area contributed by atoms with E-state index in [1.807, 2.05) is 0 Å². The average molecular weight is 380 g/mol. The molecular weight excluding hydrogens is 351 g/mol. The van der Waals surface area contributed by atoms with Crippen LogP contribution in [0.2, 0.25) is 17.3 Å². The van der Waals surface area contributed by atoms with Gasteiger partial charge >= 0.3 is 149 Å². The third-order valence-corrected chi connectivity index (χ3v) is 10.6. The van der Waals surface area contributed by atoms with E-state index in [9.17, 15) is 0 Å². The summed E-state index contributed by atoms with van der Waals surface area (Å²) >= 11 is -1.89. The molecule has 1 aromatic heterocycles. The van der Waals surface area contributed by atoms with Gasteiger partial charge in [0.05, 0.1) is 0 Å². The molecule has 3 unspecified atom stereocenters. The molecule has 2 aromatic rings. The van der Waals surface area contributed by atoms with E-state index in [0.29, 0.717) is 0 Å². The predicted molar refractivity (Wildman–Crippen MR) is 105 cm³/mol. The first-order valence-corrected chi connectivity index (χ1v) is 16.9. The van der Waals surface area contributed by atoms with Gasteiger partial charge in [0.15, 0.2) is 0 Å². The molecule has 0 amide bonds. The van der Waals surface area contributed by atoms with E-state index < -0.39 is 13.3 Å². The molecule has 1 aromatic carbocycles. The summed E-state index contributed by atoms with van der Waals surface area (Å²) in [6.07, 6.45) is 9.49. The topological polar surface area (TPSA) is 12.9 Å². The van der Waals surface area contributed by atoms with E-state index in [-0.39, 0.29) is 0 Å². The SMILES string of the molecule is [CH3][Ge]([CH3])([CH3])[c]1cnc(-c2ccccc2)cc1CC1CC2CCC1C2. The van der Waals surface area contributed by atoms with E-state index in [0.717, 1.165) is 23.4 Å². The van der Waals surface area contributed by atoms with Crippen molar-refractivity contribution in [2.45, 2.75) is 49.4 Å². The number of aromatic nitrogens is 1. The minimum atomic E-state index is -1.89. The Morgan fingerprint density at radius 2 is 1.83 bits per heavy atom. The third kappa shape index (κ3) is 3.20. The molecule has 4 rings (SSSR count). The fraction of sp³-hybridized carbons (Fsp3) is 0.500. The maximum absolute atomic E-state index is 4.85. The minimum absolute atomic E-state index is 0.929. The fourth-order valence-electron chi connectivity index (χ4n) is 5.02. The molecule has 126 valence electrons. The molecule has 2 fully saturated rings. The summed E-state index contributed by atoms with van der Waals surface area (Å²) in [5, 5.41) is 0. The first kappa shape index (κ1) is 16.4. The maximum atomic E-state index is 4.85. The van der Waals surface area contributed by atoms with Gasteiger partial charge in [0, 0.05) is 0 Å². The van der Waals surface area contributed by atoms with Crippen LogP contribution < -0.4 is 4.40 Å². The molecule has 2 aliphatic rings. The van der Waals surface area contributed by atoms with Crippen molar-refractivity contribution in [3.05, 3.63) is 48.2 Å². The summed E-state index contributed by atoms with van der Waals surface area (Å²) in [4.78, 5) is 4.85. The molecule has 0 saturated heterocycles. The van der Waals surface area contributed by atoms with Gasteiger partial charge in [-0.15, -0.1) is 0 Å². The summed E-state index contributed by atoms with van der Waals surface area (Å²) in [6.45, 7) is 0. The molecule has 2 heteroatoms. The zero-order chi connectivity index (χ0) is 16.7. The number of hydrogen-bond acceptors (Lipinski definition) is 1. The first-order valence-electron chi connectivity index (χ1n) is 9.55. The normalized spacial score (nSPS) is 26.0. The van der Waals surface area contributed by atoms with Crippen molar-refractivity contribution >= 4 is 17.7 Å².